The van der Waals surface area contributed by atoms with E-state index in [1.165, 1.54) is 13.2 Å². The van der Waals surface area contributed by atoms with E-state index in [0.29, 0.717) is 11.3 Å². The lowest BCUT2D eigenvalue weighted by molar-refractivity contribution is 0.409. The van der Waals surface area contributed by atoms with E-state index < -0.39 is 0 Å². The summed E-state index contributed by atoms with van der Waals surface area (Å²) in [4.78, 5) is 0. The lowest BCUT2D eigenvalue weighted by Crippen LogP contribution is -1.93. The molecule has 0 N–H and O–H groups in total. The summed E-state index contributed by atoms with van der Waals surface area (Å²) in [6.07, 6.45) is 0. The van der Waals surface area contributed by atoms with Crippen molar-refractivity contribution in [3.8, 4) is 5.75 Å². The zero-order chi connectivity index (χ0) is 9.14. The van der Waals surface area contributed by atoms with Gasteiger partial charge in [-0.15, -0.1) is 0 Å². The van der Waals surface area contributed by atoms with Crippen LogP contribution in [0.25, 0.3) is 0 Å². The molecule has 1 aromatic carbocycles. The van der Waals surface area contributed by atoms with E-state index in [-0.39, 0.29) is 11.7 Å². The molecule has 0 aliphatic rings. The molecule has 0 amide bonds. The van der Waals surface area contributed by atoms with Crippen molar-refractivity contribution in [1.82, 2.24) is 0 Å². The molecular weight excluding hydrogens is 155 g/mol. The summed E-state index contributed by atoms with van der Waals surface area (Å²) in [6, 6.07) is 5.84. The van der Waals surface area contributed by atoms with Crippen LogP contribution in [0.1, 0.15) is 25.3 Å². The van der Waals surface area contributed by atoms with Gasteiger partial charge in [-0.1, -0.05) is 13.8 Å². The fraction of sp³-hybridized carbons (Fsp3) is 0.400. The van der Waals surface area contributed by atoms with Crippen molar-refractivity contribution in [3.63, 3.8) is 0 Å². The summed E-state index contributed by atoms with van der Waals surface area (Å²) in [5.74, 6) is 0.407. The van der Waals surface area contributed by atoms with Crippen molar-refractivity contribution in [1.29, 1.82) is 0 Å². The number of benzene rings is 1. The Labute approximate surface area is 72.2 Å². The van der Waals surface area contributed by atoms with Crippen molar-refractivity contribution in [2.45, 2.75) is 19.8 Å². The Kier molecular flexibility index (Phi) is 2.69. The fourth-order valence-electron chi connectivity index (χ4n) is 1.02. The summed E-state index contributed by atoms with van der Waals surface area (Å²) in [6.45, 7) is 3.89. The van der Waals surface area contributed by atoms with Gasteiger partial charge in [-0.25, -0.2) is 4.39 Å². The molecule has 0 spiro atoms. The van der Waals surface area contributed by atoms with Crippen molar-refractivity contribution >= 4 is 0 Å². The number of halogens is 1. The maximum atomic E-state index is 13.2. The first-order chi connectivity index (χ1) is 5.65. The third-order valence-corrected chi connectivity index (χ3v) is 1.75. The van der Waals surface area contributed by atoms with Gasteiger partial charge in [0.2, 0.25) is 0 Å². The minimum atomic E-state index is -0.222. The summed E-state index contributed by atoms with van der Waals surface area (Å²) in [5, 5.41) is 0. The second kappa shape index (κ2) is 3.57. The van der Waals surface area contributed by atoms with Gasteiger partial charge in [0.1, 0.15) is 11.6 Å². The highest BCUT2D eigenvalue weighted by atomic mass is 19.1. The molecule has 0 atom stereocenters. The summed E-state index contributed by atoms with van der Waals surface area (Å²) in [5.41, 5.74) is 0.677. The van der Waals surface area contributed by atoms with Crippen LogP contribution in [0.15, 0.2) is 12.1 Å². The van der Waals surface area contributed by atoms with Crippen LogP contribution in [0.3, 0.4) is 0 Å². The van der Waals surface area contributed by atoms with E-state index in [0.717, 1.165) is 0 Å². The first-order valence-electron chi connectivity index (χ1n) is 3.90. The lowest BCUT2D eigenvalue weighted by Gasteiger charge is -2.07. The predicted octanol–water partition coefficient (Wildman–Crippen LogP) is 2.76. The van der Waals surface area contributed by atoms with Gasteiger partial charge in [-0.05, 0) is 17.5 Å². The smallest absolute Gasteiger partial charge is 0.130 e. The molecule has 1 nitrogen and oxygen atoms in total. The number of ether oxygens (including phenoxy) is 1. The molecule has 0 fully saturated rings. The molecule has 0 aliphatic carbocycles. The molecular formula is C10H12FO. The average Bonchev–Trinajstić information content (AvgIpc) is 2.03. The third-order valence-electron chi connectivity index (χ3n) is 1.75. The van der Waals surface area contributed by atoms with E-state index in [9.17, 15) is 4.39 Å². The predicted molar refractivity (Wildman–Crippen MR) is 45.9 cm³/mol. The maximum Gasteiger partial charge on any atom is 0.130 e. The highest BCUT2D eigenvalue weighted by Crippen LogP contribution is 2.21. The van der Waals surface area contributed by atoms with E-state index in [2.05, 4.69) is 6.07 Å². The first-order valence-corrected chi connectivity index (χ1v) is 3.90. The Morgan fingerprint density at radius 2 is 2.17 bits per heavy atom. The topological polar surface area (TPSA) is 9.23 Å². The number of methoxy groups -OCH3 is 1. The van der Waals surface area contributed by atoms with Crippen molar-refractivity contribution in [2.24, 2.45) is 0 Å². The molecule has 2 heteroatoms. The van der Waals surface area contributed by atoms with E-state index in [4.69, 9.17) is 4.74 Å². The zero-order valence-corrected chi connectivity index (χ0v) is 7.52. The summed E-state index contributed by atoms with van der Waals surface area (Å²) >= 11 is 0. The third kappa shape index (κ3) is 1.76. The molecule has 65 valence electrons. The summed E-state index contributed by atoms with van der Waals surface area (Å²) in [7, 11) is 1.50. The summed E-state index contributed by atoms with van der Waals surface area (Å²) < 4.78 is 18.0. The Bertz CT molecular complexity index is 269. The van der Waals surface area contributed by atoms with Crippen molar-refractivity contribution in [3.05, 3.63) is 29.6 Å². The van der Waals surface area contributed by atoms with Crippen molar-refractivity contribution < 1.29 is 9.13 Å². The van der Waals surface area contributed by atoms with Crippen LogP contribution in [0.4, 0.5) is 4.39 Å². The molecule has 0 saturated carbocycles. The molecule has 0 bridgehead atoms. The second-order valence-corrected chi connectivity index (χ2v) is 2.96. The zero-order valence-electron chi connectivity index (χ0n) is 7.52. The molecule has 0 unspecified atom stereocenters. The lowest BCUT2D eigenvalue weighted by atomic mass is 10.0. The largest absolute Gasteiger partial charge is 0.496 e. The van der Waals surface area contributed by atoms with Crippen molar-refractivity contribution in [2.75, 3.05) is 7.11 Å². The minimum Gasteiger partial charge on any atom is -0.496 e. The van der Waals surface area contributed by atoms with Gasteiger partial charge in [0.25, 0.3) is 0 Å². The highest BCUT2D eigenvalue weighted by Gasteiger charge is 2.06. The molecule has 12 heavy (non-hydrogen) atoms. The van der Waals surface area contributed by atoms with Crippen LogP contribution < -0.4 is 4.74 Å². The molecule has 1 aromatic rings. The molecule has 0 heterocycles. The fourth-order valence-corrected chi connectivity index (χ4v) is 1.02. The SMILES string of the molecule is COc1[c]cc(C(C)C)c(F)c1. The van der Waals surface area contributed by atoms with Gasteiger partial charge in [0.05, 0.1) is 7.11 Å². The number of hydrogen-bond acceptors (Lipinski definition) is 1. The van der Waals surface area contributed by atoms with Gasteiger partial charge >= 0.3 is 0 Å². The molecule has 1 radical (unpaired) electrons. The van der Waals surface area contributed by atoms with Gasteiger partial charge in [0.15, 0.2) is 0 Å². The molecule has 0 aromatic heterocycles. The van der Waals surface area contributed by atoms with Crippen LogP contribution in [0, 0.1) is 11.9 Å². The van der Waals surface area contributed by atoms with Crippen LogP contribution in [-0.2, 0) is 0 Å². The quantitative estimate of drug-likeness (QED) is 0.658. The normalized spacial score (nSPS) is 10.4. The molecule has 0 saturated heterocycles. The monoisotopic (exact) mass is 167 g/mol. The molecule has 0 aliphatic heterocycles. The van der Waals surface area contributed by atoms with Crippen LogP contribution in [0.2, 0.25) is 0 Å². The van der Waals surface area contributed by atoms with E-state index in [1.54, 1.807) is 6.07 Å². The Morgan fingerprint density at radius 1 is 1.50 bits per heavy atom. The van der Waals surface area contributed by atoms with Gasteiger partial charge in [-0.2, -0.15) is 0 Å². The minimum absolute atomic E-state index is 0.187. The highest BCUT2D eigenvalue weighted by molar-refractivity contribution is 5.29. The van der Waals surface area contributed by atoms with Gasteiger partial charge < -0.3 is 4.74 Å². The Hall–Kier alpha value is -1.05. The van der Waals surface area contributed by atoms with Crippen LogP contribution in [-0.4, -0.2) is 7.11 Å². The Morgan fingerprint density at radius 3 is 2.58 bits per heavy atom. The van der Waals surface area contributed by atoms with Gasteiger partial charge in [-0.3, -0.25) is 0 Å². The number of rotatable bonds is 2. The molecule has 1 rings (SSSR count). The second-order valence-electron chi connectivity index (χ2n) is 2.96. The van der Waals surface area contributed by atoms with Crippen LogP contribution in [0.5, 0.6) is 5.75 Å². The maximum absolute atomic E-state index is 13.2. The number of hydrogen-bond donors (Lipinski definition) is 0. The van der Waals surface area contributed by atoms with Crippen LogP contribution >= 0.6 is 0 Å². The average molecular weight is 167 g/mol. The van der Waals surface area contributed by atoms with E-state index >= 15 is 0 Å². The Balaban J connectivity index is 3.03. The van der Waals surface area contributed by atoms with E-state index in [1.807, 2.05) is 13.8 Å². The standard InChI is InChI=1S/C10H12FO/c1-7(2)9-5-4-8(12-3)6-10(9)11/h5-7H,1-3H3. The first kappa shape index (κ1) is 9.04. The van der Waals surface area contributed by atoms with Gasteiger partial charge in [0, 0.05) is 12.1 Å².